The Labute approximate surface area is 57.0 Å². The van der Waals surface area contributed by atoms with Crippen molar-refractivity contribution in [2.45, 2.75) is 0 Å². The molecule has 0 saturated carbocycles. The Morgan fingerprint density at radius 1 is 1.40 bits per heavy atom. The molecule has 0 bridgehead atoms. The van der Waals surface area contributed by atoms with Crippen molar-refractivity contribution in [2.75, 3.05) is 6.61 Å². The molecule has 7 heteroatoms. The van der Waals surface area contributed by atoms with E-state index in [1.54, 1.807) is 0 Å². The molecule has 58 valence electrons. The first kappa shape index (κ1) is 9.45. The smallest absolute Gasteiger partial charge is 0.374 e. The summed E-state index contributed by atoms with van der Waals surface area (Å²) in [5, 5.41) is 7.91. The summed E-state index contributed by atoms with van der Waals surface area (Å²) in [5.74, 6) is -2.87. The molecule has 3 N–H and O–H groups in total. The number of carbonyl (C=O) groups is 2. The van der Waals surface area contributed by atoms with Crippen LogP contribution in [0.3, 0.4) is 0 Å². The van der Waals surface area contributed by atoms with Crippen molar-refractivity contribution in [3.63, 3.8) is 0 Å². The van der Waals surface area contributed by atoms with Gasteiger partial charge in [-0.05, 0) is 0 Å². The van der Waals surface area contributed by atoms with Crippen LogP contribution in [0.25, 0.3) is 0 Å². The van der Waals surface area contributed by atoms with Crippen molar-refractivity contribution in [2.24, 2.45) is 0 Å². The van der Waals surface area contributed by atoms with Crippen LogP contribution in [-0.4, -0.2) is 33.3 Å². The lowest BCUT2D eigenvalue weighted by molar-refractivity contribution is -0.150. The van der Waals surface area contributed by atoms with Gasteiger partial charge in [0.15, 0.2) is 0 Å². The minimum absolute atomic E-state index is 0.811. The molecule has 0 heterocycles. The lowest BCUT2D eigenvalue weighted by atomic mass is 10.4. The van der Waals surface area contributed by atoms with E-state index in [0.29, 0.717) is 0 Å². The summed E-state index contributed by atoms with van der Waals surface area (Å²) in [4.78, 5) is 35.9. The van der Waals surface area contributed by atoms with Gasteiger partial charge < -0.3 is 19.4 Å². The van der Waals surface area contributed by atoms with Crippen LogP contribution >= 0.6 is 8.60 Å². The van der Waals surface area contributed by atoms with E-state index in [1.807, 2.05) is 0 Å². The topological polar surface area (TPSA) is 104 Å². The number of Topliss-reactive ketones (excluding diaryl/α,β-unsaturated/α-hetero) is 1. The van der Waals surface area contributed by atoms with E-state index < -0.39 is 27.0 Å². The van der Waals surface area contributed by atoms with Gasteiger partial charge in [-0.1, -0.05) is 0 Å². The number of aliphatic carboxylic acids is 1. The zero-order valence-electron chi connectivity index (χ0n) is 4.72. The van der Waals surface area contributed by atoms with E-state index in [0.717, 1.165) is 0 Å². The van der Waals surface area contributed by atoms with Crippen molar-refractivity contribution >= 4 is 20.4 Å². The van der Waals surface area contributed by atoms with Crippen LogP contribution in [0.4, 0.5) is 0 Å². The maximum absolute atomic E-state index is 10.1. The van der Waals surface area contributed by atoms with E-state index in [-0.39, 0.29) is 0 Å². The average Bonchev–Trinajstić information content (AvgIpc) is 1.82. The van der Waals surface area contributed by atoms with Crippen LogP contribution in [0.15, 0.2) is 0 Å². The molecule has 0 aliphatic carbocycles. The molecule has 10 heavy (non-hydrogen) atoms. The Balaban J connectivity index is 3.50. The predicted molar refractivity (Wildman–Crippen MR) is 30.0 cm³/mol. The summed E-state index contributed by atoms with van der Waals surface area (Å²) in [6, 6.07) is 0. The van der Waals surface area contributed by atoms with Crippen LogP contribution in [-0.2, 0) is 14.1 Å². The maximum atomic E-state index is 10.1. The van der Waals surface area contributed by atoms with Crippen molar-refractivity contribution in [3.8, 4) is 0 Å². The van der Waals surface area contributed by atoms with Crippen LogP contribution in [0.1, 0.15) is 0 Å². The second-order valence-corrected chi connectivity index (χ2v) is 2.02. The van der Waals surface area contributed by atoms with Gasteiger partial charge in [-0.3, -0.25) is 4.79 Å². The quantitative estimate of drug-likeness (QED) is 0.362. The normalized spacial score (nSPS) is 9.90. The third kappa shape index (κ3) is 4.34. The fourth-order valence-corrected chi connectivity index (χ4v) is 0.411. The molecule has 0 fully saturated rings. The fraction of sp³-hybridized carbons (Fsp3) is 0.333. The van der Waals surface area contributed by atoms with Crippen LogP contribution in [0, 0.1) is 0 Å². The molecule has 0 aromatic carbocycles. The van der Waals surface area contributed by atoms with Crippen LogP contribution in [0.5, 0.6) is 0 Å². The zero-order chi connectivity index (χ0) is 8.15. The number of hydrogen-bond donors (Lipinski definition) is 3. The molecule has 0 atom stereocenters. The zero-order valence-corrected chi connectivity index (χ0v) is 5.62. The summed E-state index contributed by atoms with van der Waals surface area (Å²) in [7, 11) is -2.64. The fourth-order valence-electron chi connectivity index (χ4n) is 0.178. The number of ketones is 1. The van der Waals surface area contributed by atoms with Crippen molar-refractivity contribution in [3.05, 3.63) is 0 Å². The van der Waals surface area contributed by atoms with Crippen molar-refractivity contribution in [1.82, 2.24) is 0 Å². The lowest BCUT2D eigenvalue weighted by Crippen LogP contribution is -2.17. The van der Waals surface area contributed by atoms with Gasteiger partial charge in [0, 0.05) is 0 Å². The number of rotatable bonds is 4. The Morgan fingerprint density at radius 2 is 1.90 bits per heavy atom. The third-order valence-corrected chi connectivity index (χ3v) is 0.910. The van der Waals surface area contributed by atoms with Crippen LogP contribution < -0.4 is 0 Å². The molecule has 0 saturated heterocycles. The van der Waals surface area contributed by atoms with Gasteiger partial charge in [-0.25, -0.2) is 4.79 Å². The third-order valence-electron chi connectivity index (χ3n) is 0.550. The molecule has 0 aliphatic rings. The largest absolute Gasteiger partial charge is 0.475 e. The highest BCUT2D eigenvalue weighted by Gasteiger charge is 2.13. The molecular weight excluding hydrogens is 163 g/mol. The highest BCUT2D eigenvalue weighted by Crippen LogP contribution is 2.23. The summed E-state index contributed by atoms with van der Waals surface area (Å²) in [5.41, 5.74) is 0. The molecule has 6 nitrogen and oxygen atoms in total. The van der Waals surface area contributed by atoms with Gasteiger partial charge in [0.25, 0.3) is 5.78 Å². The number of carboxylic acid groups (broad SMARTS) is 1. The SMILES string of the molecule is O=C(O)C(=O)COP(O)O. The van der Waals surface area contributed by atoms with Gasteiger partial charge in [0.1, 0.15) is 6.61 Å². The van der Waals surface area contributed by atoms with Gasteiger partial charge in [0.2, 0.25) is 0 Å². The van der Waals surface area contributed by atoms with Crippen molar-refractivity contribution < 1.29 is 29.0 Å². The predicted octanol–water partition coefficient (Wildman–Crippen LogP) is -1.13. The number of hydrogen-bond acceptors (Lipinski definition) is 5. The molecule has 0 aliphatic heterocycles. The summed E-state index contributed by atoms with van der Waals surface area (Å²) in [6.45, 7) is -0.811. The highest BCUT2D eigenvalue weighted by atomic mass is 31.2. The highest BCUT2D eigenvalue weighted by molar-refractivity contribution is 7.39. The molecule has 0 aromatic rings. The molecular formula is C3H5O6P. The van der Waals surface area contributed by atoms with E-state index in [1.165, 1.54) is 0 Å². The Bertz CT molecular complexity index is 142. The molecule has 0 radical (unpaired) electrons. The molecule has 0 spiro atoms. The summed E-state index contributed by atoms with van der Waals surface area (Å²) < 4.78 is 3.91. The van der Waals surface area contributed by atoms with E-state index >= 15 is 0 Å². The van der Waals surface area contributed by atoms with Crippen molar-refractivity contribution in [1.29, 1.82) is 0 Å². The summed E-state index contributed by atoms with van der Waals surface area (Å²) in [6.07, 6.45) is 0. The molecule has 0 aromatic heterocycles. The van der Waals surface area contributed by atoms with E-state index in [2.05, 4.69) is 4.52 Å². The minimum atomic E-state index is -2.64. The maximum Gasteiger partial charge on any atom is 0.374 e. The van der Waals surface area contributed by atoms with Crippen LogP contribution in [0.2, 0.25) is 0 Å². The van der Waals surface area contributed by atoms with Gasteiger partial charge in [-0.15, -0.1) is 0 Å². The second-order valence-electron chi connectivity index (χ2n) is 1.25. The number of carbonyl (C=O) groups excluding carboxylic acids is 1. The lowest BCUT2D eigenvalue weighted by Gasteiger charge is -1.98. The van der Waals surface area contributed by atoms with Gasteiger partial charge >= 0.3 is 14.6 Å². The average molecular weight is 168 g/mol. The Kier molecular flexibility index (Phi) is 4.06. The molecule has 0 unspecified atom stereocenters. The Morgan fingerprint density at radius 3 is 2.20 bits per heavy atom. The Hall–Kier alpha value is -0.550. The standard InChI is InChI=1S/C3H5O6P/c4-2(3(5)6)1-9-10(7)8/h7-8H,1H2,(H,5,6). The van der Waals surface area contributed by atoms with E-state index in [4.69, 9.17) is 14.9 Å². The van der Waals surface area contributed by atoms with Gasteiger partial charge in [-0.2, -0.15) is 0 Å². The first-order chi connectivity index (χ1) is 4.54. The minimum Gasteiger partial charge on any atom is -0.475 e. The second kappa shape index (κ2) is 4.29. The monoisotopic (exact) mass is 168 g/mol. The first-order valence-electron chi connectivity index (χ1n) is 2.11. The first-order valence-corrected chi connectivity index (χ1v) is 3.27. The molecule has 0 amide bonds. The number of carboxylic acids is 1. The van der Waals surface area contributed by atoms with Gasteiger partial charge in [0.05, 0.1) is 0 Å². The molecule has 0 rings (SSSR count). The summed E-state index contributed by atoms with van der Waals surface area (Å²) >= 11 is 0. The van der Waals surface area contributed by atoms with E-state index in [9.17, 15) is 9.59 Å².